The van der Waals surface area contributed by atoms with Gasteiger partial charge in [-0.15, -0.1) is 11.8 Å². The maximum Gasteiger partial charge on any atom is 0.335 e. The highest BCUT2D eigenvalue weighted by atomic mass is 35.5. The number of carbonyl (C=O) groups is 1. The van der Waals surface area contributed by atoms with E-state index < -0.39 is 5.97 Å². The van der Waals surface area contributed by atoms with E-state index in [9.17, 15) is 4.79 Å². The zero-order chi connectivity index (χ0) is 27.6. The Morgan fingerprint density at radius 3 is 2.32 bits per heavy atom. The fourth-order valence-corrected chi connectivity index (χ4v) is 6.22. The van der Waals surface area contributed by atoms with Crippen molar-refractivity contribution in [2.75, 3.05) is 0 Å². The lowest BCUT2D eigenvalue weighted by Gasteiger charge is -2.27. The van der Waals surface area contributed by atoms with Crippen molar-refractivity contribution in [1.29, 1.82) is 0 Å². The lowest BCUT2D eigenvalue weighted by Crippen LogP contribution is -2.14. The first kappa shape index (κ1) is 28.1. The van der Waals surface area contributed by atoms with Crippen LogP contribution in [0.25, 0.3) is 5.69 Å². The van der Waals surface area contributed by atoms with Gasteiger partial charge in [-0.3, -0.25) is 0 Å². The number of halogens is 2. The van der Waals surface area contributed by atoms with Crippen molar-refractivity contribution < 1.29 is 14.6 Å². The highest BCUT2D eigenvalue weighted by molar-refractivity contribution is 8.00. The fourth-order valence-electron chi connectivity index (χ4n) is 4.47. The molecule has 0 amide bonds. The zero-order valence-corrected chi connectivity index (χ0v) is 24.3. The normalized spacial score (nSPS) is 11.7. The molecule has 0 fully saturated rings. The van der Waals surface area contributed by atoms with Crippen molar-refractivity contribution in [3.8, 4) is 11.4 Å². The van der Waals surface area contributed by atoms with Gasteiger partial charge in [0.2, 0.25) is 0 Å². The molecule has 198 valence electrons. The van der Waals surface area contributed by atoms with Crippen LogP contribution >= 0.6 is 35.0 Å². The minimum absolute atomic E-state index is 0.238. The molecule has 5 nitrogen and oxygen atoms in total. The molecule has 0 saturated heterocycles. The van der Waals surface area contributed by atoms with Gasteiger partial charge in [0.05, 0.1) is 27.5 Å². The maximum atomic E-state index is 11.2. The van der Waals surface area contributed by atoms with Gasteiger partial charge >= 0.3 is 5.97 Å². The highest BCUT2D eigenvalue weighted by Crippen LogP contribution is 2.43. The molecule has 1 aromatic heterocycles. The number of hydrogen-bond donors (Lipinski definition) is 1. The summed E-state index contributed by atoms with van der Waals surface area (Å²) in [6.45, 7) is 10.9. The standard InChI is InChI=1S/C30H30Cl2N2O3S/c1-18(2)23-16-33-34(28-25(31)7-6-8-26(28)32)27(23)17-37-21-11-14-24(19(3)15-21)30(4,5)38-22-12-9-20(10-13-22)29(35)36/h6-16,18H,17H2,1-5H3,(H,35,36). The summed E-state index contributed by atoms with van der Waals surface area (Å²) in [5.74, 6) is 0.0754. The van der Waals surface area contributed by atoms with Gasteiger partial charge in [0.15, 0.2) is 0 Å². The summed E-state index contributed by atoms with van der Waals surface area (Å²) >= 11 is 14.7. The Balaban J connectivity index is 1.56. The molecule has 38 heavy (non-hydrogen) atoms. The fraction of sp³-hybridized carbons (Fsp3) is 0.267. The molecule has 0 atom stereocenters. The number of aryl methyl sites for hydroxylation is 1. The van der Waals surface area contributed by atoms with E-state index in [1.165, 1.54) is 5.56 Å². The van der Waals surface area contributed by atoms with Crippen LogP contribution in [0.5, 0.6) is 5.75 Å². The van der Waals surface area contributed by atoms with Gasteiger partial charge in [-0.1, -0.05) is 49.2 Å². The van der Waals surface area contributed by atoms with Gasteiger partial charge in [-0.25, -0.2) is 9.48 Å². The third kappa shape index (κ3) is 6.04. The van der Waals surface area contributed by atoms with Gasteiger partial charge in [0, 0.05) is 9.64 Å². The Morgan fingerprint density at radius 2 is 1.74 bits per heavy atom. The number of carboxylic acid groups (broad SMARTS) is 1. The Labute approximate surface area is 237 Å². The summed E-state index contributed by atoms with van der Waals surface area (Å²) in [6, 6.07) is 18.5. The Hall–Kier alpha value is -2.93. The summed E-state index contributed by atoms with van der Waals surface area (Å²) in [4.78, 5) is 12.2. The molecule has 0 spiro atoms. The number of aromatic carboxylic acids is 1. The van der Waals surface area contributed by atoms with Crippen molar-refractivity contribution in [2.45, 2.75) is 56.8 Å². The van der Waals surface area contributed by atoms with Crippen molar-refractivity contribution in [3.05, 3.63) is 105 Å². The molecule has 1 N–H and O–H groups in total. The largest absolute Gasteiger partial charge is 0.487 e. The monoisotopic (exact) mass is 568 g/mol. The second-order valence-electron chi connectivity index (χ2n) is 9.89. The van der Waals surface area contributed by atoms with Crippen molar-refractivity contribution in [1.82, 2.24) is 9.78 Å². The number of rotatable bonds is 9. The van der Waals surface area contributed by atoms with Gasteiger partial charge < -0.3 is 9.84 Å². The quantitative estimate of drug-likeness (QED) is 0.204. The maximum absolute atomic E-state index is 11.2. The second-order valence-corrected chi connectivity index (χ2v) is 12.4. The minimum Gasteiger partial charge on any atom is -0.487 e. The van der Waals surface area contributed by atoms with Crippen molar-refractivity contribution >= 4 is 40.9 Å². The lowest BCUT2D eigenvalue weighted by atomic mass is 9.97. The lowest BCUT2D eigenvalue weighted by molar-refractivity contribution is 0.0697. The molecular formula is C30H30Cl2N2O3S. The molecule has 8 heteroatoms. The number of para-hydroxylation sites is 1. The topological polar surface area (TPSA) is 64.4 Å². The van der Waals surface area contributed by atoms with Gasteiger partial charge in [0.1, 0.15) is 18.0 Å². The summed E-state index contributed by atoms with van der Waals surface area (Å²) < 4.78 is 7.81. The predicted molar refractivity (Wildman–Crippen MR) is 155 cm³/mol. The minimum atomic E-state index is -0.925. The first-order valence-electron chi connectivity index (χ1n) is 12.3. The molecule has 0 radical (unpaired) electrons. The van der Waals surface area contributed by atoms with E-state index >= 15 is 0 Å². The Kier molecular flexibility index (Phi) is 8.46. The van der Waals surface area contributed by atoms with Crippen LogP contribution in [0.3, 0.4) is 0 Å². The molecule has 4 rings (SSSR count). The van der Waals surface area contributed by atoms with Crippen LogP contribution in [0.4, 0.5) is 0 Å². The van der Waals surface area contributed by atoms with E-state index in [0.717, 1.165) is 27.5 Å². The molecule has 0 aliphatic rings. The number of ether oxygens (including phenoxy) is 1. The molecule has 0 saturated carbocycles. The highest BCUT2D eigenvalue weighted by Gasteiger charge is 2.25. The van der Waals surface area contributed by atoms with Crippen LogP contribution in [0.15, 0.2) is 71.8 Å². The number of hydrogen-bond acceptors (Lipinski definition) is 4. The van der Waals surface area contributed by atoms with E-state index in [4.69, 9.17) is 33.0 Å². The van der Waals surface area contributed by atoms with Gasteiger partial charge in [0.25, 0.3) is 0 Å². The summed E-state index contributed by atoms with van der Waals surface area (Å²) in [7, 11) is 0. The predicted octanol–water partition coefficient (Wildman–Crippen LogP) is 8.92. The summed E-state index contributed by atoms with van der Waals surface area (Å²) in [5, 5.41) is 14.8. The van der Waals surface area contributed by atoms with E-state index in [0.29, 0.717) is 22.3 Å². The van der Waals surface area contributed by atoms with Crippen LogP contribution < -0.4 is 4.74 Å². The van der Waals surface area contributed by atoms with Crippen LogP contribution in [-0.4, -0.2) is 20.9 Å². The summed E-state index contributed by atoms with van der Waals surface area (Å²) in [5.41, 5.74) is 5.17. The second kappa shape index (κ2) is 11.4. The smallest absolute Gasteiger partial charge is 0.335 e. The van der Waals surface area contributed by atoms with Crippen LogP contribution in [-0.2, 0) is 11.4 Å². The Bertz CT molecular complexity index is 1440. The van der Waals surface area contributed by atoms with E-state index in [1.54, 1.807) is 40.7 Å². The number of aromatic nitrogens is 2. The number of nitrogens with zero attached hydrogens (tertiary/aromatic N) is 2. The molecule has 0 bridgehead atoms. The SMILES string of the molecule is Cc1cc(OCc2c(C(C)C)cnn2-c2c(Cl)cccc2Cl)ccc1C(C)(C)Sc1ccc(C(=O)O)cc1. The average Bonchev–Trinajstić information content (AvgIpc) is 3.26. The zero-order valence-electron chi connectivity index (χ0n) is 22.0. The van der Waals surface area contributed by atoms with E-state index in [1.807, 2.05) is 36.5 Å². The molecule has 3 aromatic carbocycles. The van der Waals surface area contributed by atoms with Crippen molar-refractivity contribution in [3.63, 3.8) is 0 Å². The number of benzene rings is 3. The summed E-state index contributed by atoms with van der Waals surface area (Å²) in [6.07, 6.45) is 1.85. The van der Waals surface area contributed by atoms with Crippen LogP contribution in [0.1, 0.15) is 66.4 Å². The molecule has 1 heterocycles. The van der Waals surface area contributed by atoms with Crippen molar-refractivity contribution in [2.24, 2.45) is 0 Å². The van der Waals surface area contributed by atoms with Crippen LogP contribution in [0, 0.1) is 6.92 Å². The van der Waals surface area contributed by atoms with Gasteiger partial charge in [-0.2, -0.15) is 5.10 Å². The third-order valence-electron chi connectivity index (χ3n) is 6.37. The third-order valence-corrected chi connectivity index (χ3v) is 8.22. The van der Waals surface area contributed by atoms with Crippen LogP contribution in [0.2, 0.25) is 10.0 Å². The average molecular weight is 570 g/mol. The van der Waals surface area contributed by atoms with E-state index in [-0.39, 0.29) is 16.2 Å². The molecule has 0 unspecified atom stereocenters. The van der Waals surface area contributed by atoms with Gasteiger partial charge in [-0.05, 0) is 91.9 Å². The first-order chi connectivity index (χ1) is 18.0. The molecule has 4 aromatic rings. The number of thioether (sulfide) groups is 1. The number of carboxylic acids is 1. The van der Waals surface area contributed by atoms with E-state index in [2.05, 4.69) is 45.8 Å². The molecular weight excluding hydrogens is 539 g/mol. The molecule has 0 aliphatic carbocycles. The Morgan fingerprint density at radius 1 is 1.08 bits per heavy atom. The first-order valence-corrected chi connectivity index (χ1v) is 13.8. The molecule has 0 aliphatic heterocycles.